The van der Waals surface area contributed by atoms with Gasteiger partial charge in [0.25, 0.3) is 0 Å². The number of hydrogen-bond donors (Lipinski definition) is 0. The lowest BCUT2D eigenvalue weighted by Gasteiger charge is -2.33. The maximum atomic E-state index is 12.9. The number of aromatic nitrogens is 2. The van der Waals surface area contributed by atoms with Crippen molar-refractivity contribution in [3.63, 3.8) is 0 Å². The van der Waals surface area contributed by atoms with E-state index in [2.05, 4.69) is 19.9 Å². The molecule has 4 rings (SSSR count). The van der Waals surface area contributed by atoms with Crippen LogP contribution in [0.15, 0.2) is 4.52 Å². The van der Waals surface area contributed by atoms with Crippen molar-refractivity contribution in [1.82, 2.24) is 19.9 Å². The third-order valence-electron chi connectivity index (χ3n) is 6.36. The van der Waals surface area contributed by atoms with E-state index in [1.807, 2.05) is 6.92 Å². The predicted molar refractivity (Wildman–Crippen MR) is 94.1 cm³/mol. The van der Waals surface area contributed by atoms with Gasteiger partial charge in [0.15, 0.2) is 5.82 Å². The average molecular weight is 346 g/mol. The Morgan fingerprint density at radius 2 is 1.80 bits per heavy atom. The van der Waals surface area contributed by atoms with E-state index in [0.717, 1.165) is 57.4 Å². The summed E-state index contributed by atoms with van der Waals surface area (Å²) in [6.45, 7) is 5.59. The van der Waals surface area contributed by atoms with Crippen molar-refractivity contribution in [3.8, 4) is 0 Å². The molecule has 6 nitrogen and oxygen atoms in total. The Bertz CT molecular complexity index is 588. The number of aryl methyl sites for hydroxylation is 1. The van der Waals surface area contributed by atoms with Gasteiger partial charge in [-0.1, -0.05) is 24.4 Å². The van der Waals surface area contributed by atoms with Crippen LogP contribution in [-0.4, -0.2) is 58.1 Å². The van der Waals surface area contributed by atoms with E-state index in [-0.39, 0.29) is 5.92 Å². The van der Waals surface area contributed by atoms with Gasteiger partial charge in [0, 0.05) is 31.6 Å². The minimum atomic E-state index is 0.212. The highest BCUT2D eigenvalue weighted by Gasteiger charge is 2.36. The minimum Gasteiger partial charge on any atom is -0.342 e. The summed E-state index contributed by atoms with van der Waals surface area (Å²) >= 11 is 0. The van der Waals surface area contributed by atoms with Crippen molar-refractivity contribution in [2.45, 2.75) is 70.3 Å². The van der Waals surface area contributed by atoms with Crippen LogP contribution < -0.4 is 0 Å². The van der Waals surface area contributed by atoms with Crippen molar-refractivity contribution in [1.29, 1.82) is 0 Å². The highest BCUT2D eigenvalue weighted by molar-refractivity contribution is 5.79. The van der Waals surface area contributed by atoms with Gasteiger partial charge >= 0.3 is 0 Å². The highest BCUT2D eigenvalue weighted by atomic mass is 16.5. The summed E-state index contributed by atoms with van der Waals surface area (Å²) in [4.78, 5) is 22.0. The Kier molecular flexibility index (Phi) is 5.06. The second kappa shape index (κ2) is 7.44. The molecule has 1 aromatic heterocycles. The van der Waals surface area contributed by atoms with Crippen LogP contribution in [-0.2, 0) is 4.79 Å². The van der Waals surface area contributed by atoms with Gasteiger partial charge in [0.05, 0.1) is 5.92 Å². The second-order valence-corrected chi connectivity index (χ2v) is 8.05. The topological polar surface area (TPSA) is 62.5 Å². The van der Waals surface area contributed by atoms with Crippen molar-refractivity contribution in [2.24, 2.45) is 5.92 Å². The van der Waals surface area contributed by atoms with Crippen molar-refractivity contribution in [2.75, 3.05) is 26.2 Å². The number of nitrogens with zero attached hydrogens (tertiary/aromatic N) is 4. The summed E-state index contributed by atoms with van der Waals surface area (Å²) in [5, 5.41) is 3.89. The number of likely N-dealkylation sites (tertiary alicyclic amines) is 2. The Hall–Kier alpha value is -1.43. The smallest absolute Gasteiger partial charge is 0.229 e. The van der Waals surface area contributed by atoms with Crippen LogP contribution in [0.4, 0.5) is 0 Å². The Morgan fingerprint density at radius 3 is 2.48 bits per heavy atom. The fourth-order valence-electron chi connectivity index (χ4n) is 4.85. The summed E-state index contributed by atoms with van der Waals surface area (Å²) in [7, 11) is 0. The van der Waals surface area contributed by atoms with Crippen LogP contribution >= 0.6 is 0 Å². The minimum absolute atomic E-state index is 0.212. The molecule has 0 N–H and O–H groups in total. The molecule has 138 valence electrons. The van der Waals surface area contributed by atoms with Gasteiger partial charge in [0.1, 0.15) is 0 Å². The molecule has 1 unspecified atom stereocenters. The summed E-state index contributed by atoms with van der Waals surface area (Å²) < 4.78 is 5.31. The summed E-state index contributed by atoms with van der Waals surface area (Å²) in [5.74, 6) is 2.34. The molecular weight excluding hydrogens is 316 g/mol. The molecule has 3 heterocycles. The summed E-state index contributed by atoms with van der Waals surface area (Å²) in [5.41, 5.74) is 0. The van der Waals surface area contributed by atoms with Gasteiger partial charge in [-0.15, -0.1) is 0 Å². The van der Waals surface area contributed by atoms with Gasteiger partial charge < -0.3 is 9.42 Å². The maximum absolute atomic E-state index is 12.9. The van der Waals surface area contributed by atoms with Crippen LogP contribution in [0.3, 0.4) is 0 Å². The van der Waals surface area contributed by atoms with Crippen molar-refractivity contribution < 1.29 is 9.32 Å². The van der Waals surface area contributed by atoms with Crippen molar-refractivity contribution >= 4 is 5.91 Å². The number of carbonyl (C=O) groups is 1. The molecular formula is C19H30N4O2. The van der Waals surface area contributed by atoms with Gasteiger partial charge in [-0.2, -0.15) is 4.98 Å². The lowest BCUT2D eigenvalue weighted by atomic mass is 9.94. The monoisotopic (exact) mass is 346 g/mol. The van der Waals surface area contributed by atoms with Gasteiger partial charge in [-0.3, -0.25) is 9.69 Å². The third kappa shape index (κ3) is 3.73. The van der Waals surface area contributed by atoms with Crippen LogP contribution in [0.2, 0.25) is 0 Å². The molecule has 1 saturated carbocycles. The lowest BCUT2D eigenvalue weighted by molar-refractivity contribution is -0.136. The summed E-state index contributed by atoms with van der Waals surface area (Å²) in [6.07, 6.45) is 9.69. The van der Waals surface area contributed by atoms with Gasteiger partial charge in [0.2, 0.25) is 11.8 Å². The van der Waals surface area contributed by atoms with E-state index in [4.69, 9.17) is 4.52 Å². The molecule has 0 aromatic carbocycles. The van der Waals surface area contributed by atoms with Gasteiger partial charge in [-0.25, -0.2) is 0 Å². The van der Waals surface area contributed by atoms with Crippen LogP contribution in [0.1, 0.15) is 69.0 Å². The van der Waals surface area contributed by atoms with E-state index < -0.39 is 0 Å². The predicted octanol–water partition coefficient (Wildman–Crippen LogP) is 2.74. The molecule has 0 radical (unpaired) electrons. The molecule has 3 aliphatic rings. The van der Waals surface area contributed by atoms with E-state index in [1.54, 1.807) is 0 Å². The van der Waals surface area contributed by atoms with Gasteiger partial charge in [-0.05, 0) is 45.6 Å². The van der Waals surface area contributed by atoms with E-state index in [9.17, 15) is 4.79 Å². The molecule has 2 aliphatic heterocycles. The number of piperidine rings is 1. The zero-order valence-corrected chi connectivity index (χ0v) is 15.3. The molecule has 1 aliphatic carbocycles. The van der Waals surface area contributed by atoms with E-state index in [1.165, 1.54) is 32.1 Å². The molecule has 25 heavy (non-hydrogen) atoms. The normalized spacial score (nSPS) is 27.1. The first-order valence-corrected chi connectivity index (χ1v) is 10.0. The zero-order chi connectivity index (χ0) is 17.2. The van der Waals surface area contributed by atoms with E-state index in [0.29, 0.717) is 17.6 Å². The molecule has 1 aromatic rings. The standard InChI is InChI=1S/C19H30N4O2/c1-14-20-18(25-21-14)15-7-10-22(11-8-15)19(24)16-9-12-23(13-16)17-5-3-2-4-6-17/h15-17H,2-13H2,1H3. The van der Waals surface area contributed by atoms with Crippen LogP contribution in [0.5, 0.6) is 0 Å². The maximum Gasteiger partial charge on any atom is 0.229 e. The van der Waals surface area contributed by atoms with E-state index >= 15 is 0 Å². The average Bonchev–Trinajstić information content (AvgIpc) is 3.31. The highest BCUT2D eigenvalue weighted by Crippen LogP contribution is 2.31. The largest absolute Gasteiger partial charge is 0.342 e. The zero-order valence-electron chi connectivity index (χ0n) is 15.3. The molecule has 2 saturated heterocycles. The molecule has 3 fully saturated rings. The van der Waals surface area contributed by atoms with Crippen molar-refractivity contribution in [3.05, 3.63) is 11.7 Å². The fraction of sp³-hybridized carbons (Fsp3) is 0.842. The Balaban J connectivity index is 1.27. The number of hydrogen-bond acceptors (Lipinski definition) is 5. The van der Waals surface area contributed by atoms with Crippen LogP contribution in [0, 0.1) is 12.8 Å². The third-order valence-corrected chi connectivity index (χ3v) is 6.36. The fourth-order valence-corrected chi connectivity index (χ4v) is 4.85. The Morgan fingerprint density at radius 1 is 1.04 bits per heavy atom. The quantitative estimate of drug-likeness (QED) is 0.842. The molecule has 0 bridgehead atoms. The summed E-state index contributed by atoms with van der Waals surface area (Å²) in [6, 6.07) is 0.734. The number of carbonyl (C=O) groups excluding carboxylic acids is 1. The SMILES string of the molecule is Cc1noc(C2CCN(C(=O)C3CCN(C4CCCCC4)C3)CC2)n1. The first-order chi connectivity index (χ1) is 12.2. The lowest BCUT2D eigenvalue weighted by Crippen LogP contribution is -2.43. The number of rotatable bonds is 3. The van der Waals surface area contributed by atoms with Crippen LogP contribution in [0.25, 0.3) is 0 Å². The Labute approximate surface area is 149 Å². The first kappa shape index (κ1) is 17.0. The second-order valence-electron chi connectivity index (χ2n) is 8.05. The first-order valence-electron chi connectivity index (χ1n) is 10.0. The molecule has 1 atom stereocenters. The molecule has 0 spiro atoms. The molecule has 6 heteroatoms. The number of amides is 1. The molecule has 1 amide bonds.